The highest BCUT2D eigenvalue weighted by Crippen LogP contribution is 2.14. The molecule has 0 aliphatic carbocycles. The largest absolute Gasteiger partial charge is 0.339 e. The van der Waals surface area contributed by atoms with Crippen molar-refractivity contribution >= 4 is 17.5 Å². The minimum atomic E-state index is -0.0845. The molecule has 2 amide bonds. The van der Waals surface area contributed by atoms with Gasteiger partial charge in [-0.1, -0.05) is 29.8 Å². The molecule has 3 heterocycles. The predicted octanol–water partition coefficient (Wildman–Crippen LogP) is 1.87. The molecule has 28 heavy (non-hydrogen) atoms. The van der Waals surface area contributed by atoms with Gasteiger partial charge in [0.05, 0.1) is 12.6 Å². The SMILES string of the molecule is Cc1ccc(CC(=O)N2CCN(C(=O)c3cnn4ccc(C)nc34)CC2)cc1. The number of carbonyl (C=O) groups is 2. The molecule has 0 N–H and O–H groups in total. The summed E-state index contributed by atoms with van der Waals surface area (Å²) in [6, 6.07) is 9.88. The number of amides is 2. The van der Waals surface area contributed by atoms with Gasteiger partial charge in [-0.25, -0.2) is 9.50 Å². The van der Waals surface area contributed by atoms with E-state index in [0.29, 0.717) is 43.8 Å². The first-order valence-electron chi connectivity index (χ1n) is 9.45. The lowest BCUT2D eigenvalue weighted by Crippen LogP contribution is -2.51. The lowest BCUT2D eigenvalue weighted by atomic mass is 10.1. The molecule has 0 spiro atoms. The highest BCUT2D eigenvalue weighted by atomic mass is 16.2. The summed E-state index contributed by atoms with van der Waals surface area (Å²) in [7, 11) is 0. The molecule has 1 aromatic carbocycles. The van der Waals surface area contributed by atoms with Gasteiger partial charge in [-0.05, 0) is 25.5 Å². The van der Waals surface area contributed by atoms with Crippen molar-refractivity contribution in [2.75, 3.05) is 26.2 Å². The van der Waals surface area contributed by atoms with Crippen molar-refractivity contribution in [3.8, 4) is 0 Å². The minimum absolute atomic E-state index is 0.0845. The Kier molecular flexibility index (Phi) is 4.81. The molecule has 7 heteroatoms. The number of aryl methyl sites for hydroxylation is 2. The van der Waals surface area contributed by atoms with E-state index in [2.05, 4.69) is 10.1 Å². The van der Waals surface area contributed by atoms with Crippen LogP contribution < -0.4 is 0 Å². The van der Waals surface area contributed by atoms with Crippen LogP contribution in [0, 0.1) is 13.8 Å². The van der Waals surface area contributed by atoms with Crippen LogP contribution in [0.25, 0.3) is 5.65 Å². The van der Waals surface area contributed by atoms with Crippen molar-refractivity contribution < 1.29 is 9.59 Å². The van der Waals surface area contributed by atoms with Crippen molar-refractivity contribution in [1.82, 2.24) is 24.4 Å². The fraction of sp³-hybridized carbons (Fsp3) is 0.333. The third kappa shape index (κ3) is 3.60. The van der Waals surface area contributed by atoms with Crippen molar-refractivity contribution in [2.45, 2.75) is 20.3 Å². The van der Waals surface area contributed by atoms with E-state index in [1.54, 1.807) is 21.8 Å². The summed E-state index contributed by atoms with van der Waals surface area (Å²) in [6.45, 7) is 6.04. The summed E-state index contributed by atoms with van der Waals surface area (Å²) in [6.07, 6.45) is 3.76. The van der Waals surface area contributed by atoms with Gasteiger partial charge in [0.25, 0.3) is 5.91 Å². The number of rotatable bonds is 3. The van der Waals surface area contributed by atoms with E-state index in [1.165, 1.54) is 5.56 Å². The number of aromatic nitrogens is 3. The quantitative estimate of drug-likeness (QED) is 0.699. The molecule has 1 aliphatic heterocycles. The molecule has 2 aromatic heterocycles. The van der Waals surface area contributed by atoms with Crippen molar-refractivity contribution in [3.63, 3.8) is 0 Å². The Morgan fingerprint density at radius 2 is 1.64 bits per heavy atom. The number of piperazine rings is 1. The Hall–Kier alpha value is -3.22. The van der Waals surface area contributed by atoms with Gasteiger partial charge in [-0.3, -0.25) is 9.59 Å². The lowest BCUT2D eigenvalue weighted by Gasteiger charge is -2.34. The summed E-state index contributed by atoms with van der Waals surface area (Å²) < 4.78 is 1.61. The van der Waals surface area contributed by atoms with Crippen molar-refractivity contribution in [2.24, 2.45) is 0 Å². The van der Waals surface area contributed by atoms with E-state index in [4.69, 9.17) is 0 Å². The molecule has 0 unspecified atom stereocenters. The summed E-state index contributed by atoms with van der Waals surface area (Å²) in [4.78, 5) is 33.5. The predicted molar refractivity (Wildman–Crippen MR) is 105 cm³/mol. The van der Waals surface area contributed by atoms with Crippen LogP contribution in [0.4, 0.5) is 0 Å². The molecule has 1 aliphatic rings. The lowest BCUT2D eigenvalue weighted by molar-refractivity contribution is -0.131. The summed E-state index contributed by atoms with van der Waals surface area (Å²) in [5.41, 5.74) is 4.11. The second-order valence-corrected chi connectivity index (χ2v) is 7.23. The summed E-state index contributed by atoms with van der Waals surface area (Å²) >= 11 is 0. The van der Waals surface area contributed by atoms with Gasteiger partial charge in [-0.15, -0.1) is 0 Å². The Morgan fingerprint density at radius 1 is 0.964 bits per heavy atom. The van der Waals surface area contributed by atoms with Gasteiger partial charge in [0.15, 0.2) is 5.65 Å². The van der Waals surface area contributed by atoms with Crippen LogP contribution in [0.15, 0.2) is 42.7 Å². The first-order valence-corrected chi connectivity index (χ1v) is 9.45. The molecular weight excluding hydrogens is 354 g/mol. The maximum absolute atomic E-state index is 12.9. The van der Waals surface area contributed by atoms with Crippen LogP contribution >= 0.6 is 0 Å². The molecule has 4 rings (SSSR count). The number of benzene rings is 1. The van der Waals surface area contributed by atoms with E-state index in [1.807, 2.05) is 49.1 Å². The van der Waals surface area contributed by atoms with Crippen LogP contribution in [-0.4, -0.2) is 62.4 Å². The molecule has 0 atom stereocenters. The van der Waals surface area contributed by atoms with Gasteiger partial charge >= 0.3 is 0 Å². The first-order chi connectivity index (χ1) is 13.5. The van der Waals surface area contributed by atoms with E-state index < -0.39 is 0 Å². The van der Waals surface area contributed by atoms with E-state index >= 15 is 0 Å². The van der Waals surface area contributed by atoms with Gasteiger partial charge in [0.2, 0.25) is 5.91 Å². The molecule has 0 saturated carbocycles. The molecule has 144 valence electrons. The van der Waals surface area contributed by atoms with E-state index in [-0.39, 0.29) is 11.8 Å². The van der Waals surface area contributed by atoms with Gasteiger partial charge in [-0.2, -0.15) is 5.10 Å². The Labute approximate surface area is 163 Å². The number of carbonyl (C=O) groups excluding carboxylic acids is 2. The molecular formula is C21H23N5O2. The number of hydrogen-bond acceptors (Lipinski definition) is 4. The second kappa shape index (κ2) is 7.42. The molecule has 7 nitrogen and oxygen atoms in total. The zero-order valence-corrected chi connectivity index (χ0v) is 16.1. The minimum Gasteiger partial charge on any atom is -0.339 e. The Bertz CT molecular complexity index is 1020. The smallest absolute Gasteiger partial charge is 0.259 e. The second-order valence-electron chi connectivity index (χ2n) is 7.23. The Morgan fingerprint density at radius 3 is 2.36 bits per heavy atom. The zero-order valence-electron chi connectivity index (χ0n) is 16.1. The fourth-order valence-corrected chi connectivity index (χ4v) is 3.43. The highest BCUT2D eigenvalue weighted by Gasteiger charge is 2.27. The van der Waals surface area contributed by atoms with Gasteiger partial charge in [0.1, 0.15) is 5.56 Å². The zero-order chi connectivity index (χ0) is 19.7. The summed E-state index contributed by atoms with van der Waals surface area (Å²) in [5, 5.41) is 4.21. The van der Waals surface area contributed by atoms with Crippen molar-refractivity contribution in [1.29, 1.82) is 0 Å². The number of hydrogen-bond donors (Lipinski definition) is 0. The van der Waals surface area contributed by atoms with Crippen LogP contribution in [0.5, 0.6) is 0 Å². The van der Waals surface area contributed by atoms with Crippen LogP contribution in [-0.2, 0) is 11.2 Å². The molecule has 1 fully saturated rings. The third-order valence-corrected chi connectivity index (χ3v) is 5.13. The maximum atomic E-state index is 12.9. The third-order valence-electron chi connectivity index (χ3n) is 5.13. The normalized spacial score (nSPS) is 14.5. The average molecular weight is 377 g/mol. The molecule has 3 aromatic rings. The highest BCUT2D eigenvalue weighted by molar-refractivity contribution is 5.99. The van der Waals surface area contributed by atoms with Gasteiger partial charge in [0, 0.05) is 38.1 Å². The summed E-state index contributed by atoms with van der Waals surface area (Å²) in [5.74, 6) is 0.0166. The van der Waals surface area contributed by atoms with E-state index in [9.17, 15) is 9.59 Å². The standard InChI is InChI=1S/C21H23N5O2/c1-15-3-5-17(6-4-15)13-19(27)24-9-11-25(12-10-24)21(28)18-14-22-26-8-7-16(2)23-20(18)26/h3-8,14H,9-13H2,1-2H3. The monoisotopic (exact) mass is 377 g/mol. The maximum Gasteiger partial charge on any atom is 0.259 e. The topological polar surface area (TPSA) is 70.8 Å². The first kappa shape index (κ1) is 18.2. The molecule has 0 radical (unpaired) electrons. The van der Waals surface area contributed by atoms with Crippen LogP contribution in [0.1, 0.15) is 27.2 Å². The molecule has 1 saturated heterocycles. The average Bonchev–Trinajstić information content (AvgIpc) is 3.12. The number of nitrogens with zero attached hydrogens (tertiary/aromatic N) is 5. The fourth-order valence-electron chi connectivity index (χ4n) is 3.43. The van der Waals surface area contributed by atoms with E-state index in [0.717, 1.165) is 11.3 Å². The van der Waals surface area contributed by atoms with Crippen LogP contribution in [0.3, 0.4) is 0 Å². The molecule has 0 bridgehead atoms. The van der Waals surface area contributed by atoms with Gasteiger partial charge < -0.3 is 9.80 Å². The number of fused-ring (bicyclic) bond motifs is 1. The van der Waals surface area contributed by atoms with Crippen LogP contribution in [0.2, 0.25) is 0 Å². The van der Waals surface area contributed by atoms with Crippen molar-refractivity contribution in [3.05, 3.63) is 65.1 Å². The Balaban J connectivity index is 1.39.